The Labute approximate surface area is 165 Å². The second-order valence-electron chi connectivity index (χ2n) is 6.90. The number of hydrogen-bond acceptors (Lipinski definition) is 2. The van der Waals surface area contributed by atoms with E-state index in [1.165, 1.54) is 6.07 Å². The molecule has 0 N–H and O–H groups in total. The van der Waals surface area contributed by atoms with Crippen LogP contribution in [0.15, 0.2) is 79.4 Å². The molecule has 29 heavy (non-hydrogen) atoms. The van der Waals surface area contributed by atoms with Crippen LogP contribution in [0.5, 0.6) is 0 Å². The van der Waals surface area contributed by atoms with Gasteiger partial charge in [-0.05, 0) is 53.6 Å². The highest BCUT2D eigenvalue weighted by molar-refractivity contribution is 5.83. The van der Waals surface area contributed by atoms with Crippen molar-refractivity contribution in [1.82, 2.24) is 19.3 Å². The van der Waals surface area contributed by atoms with Crippen LogP contribution in [0.1, 0.15) is 0 Å². The fourth-order valence-electron chi connectivity index (χ4n) is 3.51. The molecule has 6 heteroatoms. The zero-order valence-electron chi connectivity index (χ0n) is 15.6. The average Bonchev–Trinajstić information content (AvgIpc) is 3.35. The van der Waals surface area contributed by atoms with Crippen molar-refractivity contribution in [3.05, 3.63) is 91.0 Å². The second-order valence-corrected chi connectivity index (χ2v) is 6.90. The van der Waals surface area contributed by atoms with E-state index in [9.17, 15) is 8.78 Å². The number of imidazole rings is 1. The van der Waals surface area contributed by atoms with Gasteiger partial charge in [0.25, 0.3) is 0 Å². The van der Waals surface area contributed by atoms with Crippen molar-refractivity contribution in [3.8, 4) is 27.9 Å². The molecule has 0 radical (unpaired) electrons. The number of aryl methyl sites for hydroxylation is 1. The molecule has 0 saturated carbocycles. The number of rotatable bonds is 3. The van der Waals surface area contributed by atoms with Crippen molar-refractivity contribution in [2.45, 2.75) is 0 Å². The summed E-state index contributed by atoms with van der Waals surface area (Å²) in [5.41, 5.74) is 5.48. The fourth-order valence-corrected chi connectivity index (χ4v) is 3.51. The van der Waals surface area contributed by atoms with E-state index in [1.54, 1.807) is 17.1 Å². The molecule has 0 amide bonds. The average molecular weight is 386 g/mol. The third-order valence-electron chi connectivity index (χ3n) is 4.95. The summed E-state index contributed by atoms with van der Waals surface area (Å²) in [4.78, 5) is 4.52. The largest absolute Gasteiger partial charge is 0.299 e. The van der Waals surface area contributed by atoms with Crippen molar-refractivity contribution >= 4 is 11.0 Å². The van der Waals surface area contributed by atoms with E-state index in [4.69, 9.17) is 0 Å². The molecule has 0 fully saturated rings. The predicted octanol–water partition coefficient (Wildman–Crippen LogP) is 5.37. The molecule has 2 heterocycles. The molecule has 0 aliphatic carbocycles. The maximum Gasteiger partial charge on any atom is 0.131 e. The molecule has 0 bridgehead atoms. The standard InChI is InChI=1S/C23H16F2N4/c1-28-13-17(12-27-28)15-5-8-23-22(10-15)26-14-29(23)19-4-2-3-16(9-19)20-11-18(24)6-7-21(20)25/h2-14H,1H3. The van der Waals surface area contributed by atoms with E-state index >= 15 is 0 Å². The lowest BCUT2D eigenvalue weighted by Crippen LogP contribution is -1.93. The normalized spacial score (nSPS) is 11.3. The summed E-state index contributed by atoms with van der Waals surface area (Å²) in [5, 5.41) is 4.21. The lowest BCUT2D eigenvalue weighted by molar-refractivity contribution is 0.603. The number of hydrogen-bond donors (Lipinski definition) is 0. The van der Waals surface area contributed by atoms with Crippen molar-refractivity contribution in [2.75, 3.05) is 0 Å². The Bertz CT molecular complexity index is 1350. The topological polar surface area (TPSA) is 35.6 Å². The summed E-state index contributed by atoms with van der Waals surface area (Å²) in [6.07, 6.45) is 5.50. The van der Waals surface area contributed by atoms with E-state index in [0.717, 1.165) is 40.0 Å². The van der Waals surface area contributed by atoms with Crippen LogP contribution >= 0.6 is 0 Å². The predicted molar refractivity (Wildman–Crippen MR) is 109 cm³/mol. The highest BCUT2D eigenvalue weighted by Crippen LogP contribution is 2.28. The first-order chi connectivity index (χ1) is 14.1. The van der Waals surface area contributed by atoms with Gasteiger partial charge in [0, 0.05) is 30.1 Å². The zero-order valence-corrected chi connectivity index (χ0v) is 15.6. The molecule has 4 nitrogen and oxygen atoms in total. The summed E-state index contributed by atoms with van der Waals surface area (Å²) < 4.78 is 31.5. The zero-order chi connectivity index (χ0) is 20.0. The van der Waals surface area contributed by atoms with Gasteiger partial charge in [-0.1, -0.05) is 18.2 Å². The first kappa shape index (κ1) is 17.3. The summed E-state index contributed by atoms with van der Waals surface area (Å²) in [7, 11) is 1.88. The quantitative estimate of drug-likeness (QED) is 0.418. The third-order valence-corrected chi connectivity index (χ3v) is 4.95. The van der Waals surface area contributed by atoms with Crippen LogP contribution in [0.2, 0.25) is 0 Å². The van der Waals surface area contributed by atoms with Crippen LogP contribution in [0.4, 0.5) is 8.78 Å². The summed E-state index contributed by atoms with van der Waals surface area (Å²) >= 11 is 0. The van der Waals surface area contributed by atoms with Crippen LogP contribution in [-0.2, 0) is 7.05 Å². The van der Waals surface area contributed by atoms with Crippen molar-refractivity contribution in [1.29, 1.82) is 0 Å². The number of halogens is 2. The van der Waals surface area contributed by atoms with Gasteiger partial charge in [-0.2, -0.15) is 5.10 Å². The Kier molecular flexibility index (Phi) is 3.98. The molecule has 0 aliphatic heterocycles. The summed E-state index contributed by atoms with van der Waals surface area (Å²) in [6.45, 7) is 0. The van der Waals surface area contributed by atoms with Crippen LogP contribution in [0, 0.1) is 11.6 Å². The second kappa shape index (κ2) is 6.67. The van der Waals surface area contributed by atoms with Crippen LogP contribution in [0.25, 0.3) is 39.0 Å². The highest BCUT2D eigenvalue weighted by atomic mass is 19.1. The lowest BCUT2D eigenvalue weighted by Gasteiger charge is -2.09. The Morgan fingerprint density at radius 3 is 2.59 bits per heavy atom. The SMILES string of the molecule is Cn1cc(-c2ccc3c(c2)ncn3-c2cccc(-c3cc(F)ccc3F)c2)cn1. The molecule has 0 saturated heterocycles. The van der Waals surface area contributed by atoms with Gasteiger partial charge in [-0.25, -0.2) is 13.8 Å². The number of benzene rings is 3. The van der Waals surface area contributed by atoms with Crippen LogP contribution in [0.3, 0.4) is 0 Å². The fraction of sp³-hybridized carbons (Fsp3) is 0.0435. The highest BCUT2D eigenvalue weighted by Gasteiger charge is 2.11. The maximum absolute atomic E-state index is 14.2. The molecule has 2 aromatic heterocycles. The van der Waals surface area contributed by atoms with E-state index in [-0.39, 0.29) is 5.56 Å². The first-order valence-corrected chi connectivity index (χ1v) is 9.10. The van der Waals surface area contributed by atoms with E-state index in [0.29, 0.717) is 5.56 Å². The third kappa shape index (κ3) is 3.08. The molecule has 0 aliphatic rings. The smallest absolute Gasteiger partial charge is 0.131 e. The minimum atomic E-state index is -0.470. The minimum Gasteiger partial charge on any atom is -0.299 e. The minimum absolute atomic E-state index is 0.232. The lowest BCUT2D eigenvalue weighted by atomic mass is 10.0. The Hall–Kier alpha value is -3.80. The van der Waals surface area contributed by atoms with Crippen LogP contribution in [-0.4, -0.2) is 19.3 Å². The molecule has 142 valence electrons. The molecule has 0 spiro atoms. The van der Waals surface area contributed by atoms with E-state index in [2.05, 4.69) is 10.1 Å². The Morgan fingerprint density at radius 1 is 0.862 bits per heavy atom. The van der Waals surface area contributed by atoms with Gasteiger partial charge in [-0.15, -0.1) is 0 Å². The van der Waals surface area contributed by atoms with Gasteiger partial charge < -0.3 is 0 Å². The Balaban J connectivity index is 1.58. The molecule has 3 aromatic carbocycles. The Morgan fingerprint density at radius 2 is 1.76 bits per heavy atom. The van der Waals surface area contributed by atoms with Gasteiger partial charge in [0.2, 0.25) is 0 Å². The first-order valence-electron chi connectivity index (χ1n) is 9.10. The monoisotopic (exact) mass is 386 g/mol. The van der Waals surface area contributed by atoms with Crippen LogP contribution < -0.4 is 0 Å². The molecule has 5 rings (SSSR count). The summed E-state index contributed by atoms with van der Waals surface area (Å²) in [6, 6.07) is 16.8. The van der Waals surface area contributed by atoms with Gasteiger partial charge in [-0.3, -0.25) is 9.25 Å². The molecular formula is C23H16F2N4. The summed E-state index contributed by atoms with van der Waals surface area (Å²) in [5.74, 6) is -0.928. The van der Waals surface area contributed by atoms with Gasteiger partial charge in [0.15, 0.2) is 0 Å². The maximum atomic E-state index is 14.2. The van der Waals surface area contributed by atoms with Gasteiger partial charge in [0.1, 0.15) is 18.0 Å². The van der Waals surface area contributed by atoms with E-state index in [1.807, 2.05) is 60.4 Å². The number of aromatic nitrogens is 4. The van der Waals surface area contributed by atoms with Gasteiger partial charge in [0.05, 0.1) is 17.2 Å². The number of nitrogens with zero attached hydrogens (tertiary/aromatic N) is 4. The molecule has 5 aromatic rings. The van der Waals surface area contributed by atoms with Crippen molar-refractivity contribution in [3.63, 3.8) is 0 Å². The van der Waals surface area contributed by atoms with Crippen molar-refractivity contribution in [2.24, 2.45) is 7.05 Å². The molecular weight excluding hydrogens is 370 g/mol. The molecule has 0 atom stereocenters. The van der Waals surface area contributed by atoms with E-state index < -0.39 is 11.6 Å². The van der Waals surface area contributed by atoms with Crippen molar-refractivity contribution < 1.29 is 8.78 Å². The van der Waals surface area contributed by atoms with Gasteiger partial charge >= 0.3 is 0 Å². The molecule has 0 unspecified atom stereocenters. The number of fused-ring (bicyclic) bond motifs is 1.